The van der Waals surface area contributed by atoms with E-state index in [4.69, 9.17) is 0 Å². The Bertz CT molecular complexity index is 549. The normalized spacial score (nSPS) is 10.4. The number of hydrogen-bond acceptors (Lipinski definition) is 4. The molecule has 0 radical (unpaired) electrons. The fourth-order valence-corrected chi connectivity index (χ4v) is 2.11. The standard InChI is InChI=1S/C12H11F2N3S/c1-2-16-11-6-15-7-12(17-11)18-10-4-3-8(13)5-9(10)14/h3-7H,2H2,1H3,(H,16,17). The van der Waals surface area contributed by atoms with E-state index in [9.17, 15) is 8.78 Å². The molecule has 94 valence electrons. The Labute approximate surface area is 108 Å². The fraction of sp³-hybridized carbons (Fsp3) is 0.167. The summed E-state index contributed by atoms with van der Waals surface area (Å²) >= 11 is 1.11. The van der Waals surface area contributed by atoms with Gasteiger partial charge in [-0.15, -0.1) is 0 Å². The molecule has 0 bridgehead atoms. The largest absolute Gasteiger partial charge is 0.369 e. The zero-order chi connectivity index (χ0) is 13.0. The summed E-state index contributed by atoms with van der Waals surface area (Å²) in [4.78, 5) is 8.57. The number of hydrogen-bond donors (Lipinski definition) is 1. The topological polar surface area (TPSA) is 37.8 Å². The highest BCUT2D eigenvalue weighted by Crippen LogP contribution is 2.28. The number of nitrogens with zero attached hydrogens (tertiary/aromatic N) is 2. The highest BCUT2D eigenvalue weighted by Gasteiger charge is 2.07. The maximum atomic E-state index is 13.5. The van der Waals surface area contributed by atoms with Crippen LogP contribution in [-0.2, 0) is 0 Å². The second kappa shape index (κ2) is 5.77. The first-order valence-electron chi connectivity index (χ1n) is 5.38. The molecule has 0 aliphatic rings. The summed E-state index contributed by atoms with van der Waals surface area (Å²) in [6, 6.07) is 3.45. The Morgan fingerprint density at radius 1 is 1.28 bits per heavy atom. The van der Waals surface area contributed by atoms with Crippen LogP contribution in [0.15, 0.2) is 40.5 Å². The lowest BCUT2D eigenvalue weighted by molar-refractivity contribution is 0.565. The Morgan fingerprint density at radius 3 is 2.83 bits per heavy atom. The third-order valence-electron chi connectivity index (χ3n) is 2.08. The predicted octanol–water partition coefficient (Wildman–Crippen LogP) is 3.34. The lowest BCUT2D eigenvalue weighted by Crippen LogP contribution is -2.00. The van der Waals surface area contributed by atoms with Gasteiger partial charge in [-0.2, -0.15) is 0 Å². The van der Waals surface area contributed by atoms with E-state index in [0.717, 1.165) is 24.4 Å². The molecule has 0 unspecified atom stereocenters. The minimum absolute atomic E-state index is 0.319. The van der Waals surface area contributed by atoms with Crippen molar-refractivity contribution >= 4 is 17.6 Å². The van der Waals surface area contributed by atoms with Crippen molar-refractivity contribution in [2.45, 2.75) is 16.8 Å². The average Bonchev–Trinajstić information content (AvgIpc) is 2.34. The van der Waals surface area contributed by atoms with E-state index >= 15 is 0 Å². The van der Waals surface area contributed by atoms with Gasteiger partial charge in [-0.3, -0.25) is 4.98 Å². The first-order chi connectivity index (χ1) is 8.69. The molecule has 0 saturated carbocycles. The molecule has 0 fully saturated rings. The van der Waals surface area contributed by atoms with Crippen molar-refractivity contribution in [3.63, 3.8) is 0 Å². The first-order valence-corrected chi connectivity index (χ1v) is 6.19. The molecule has 0 atom stereocenters. The van der Waals surface area contributed by atoms with Crippen molar-refractivity contribution in [3.05, 3.63) is 42.2 Å². The molecule has 0 aliphatic heterocycles. The number of rotatable bonds is 4. The van der Waals surface area contributed by atoms with Crippen molar-refractivity contribution in [2.24, 2.45) is 0 Å². The lowest BCUT2D eigenvalue weighted by atomic mass is 10.3. The minimum atomic E-state index is -0.601. The molecule has 3 nitrogen and oxygen atoms in total. The zero-order valence-electron chi connectivity index (χ0n) is 9.65. The minimum Gasteiger partial charge on any atom is -0.369 e. The number of benzene rings is 1. The van der Waals surface area contributed by atoms with Gasteiger partial charge in [-0.25, -0.2) is 13.8 Å². The summed E-state index contributed by atoms with van der Waals surface area (Å²) in [6.45, 7) is 2.68. The van der Waals surface area contributed by atoms with Crippen molar-refractivity contribution in [3.8, 4) is 0 Å². The van der Waals surface area contributed by atoms with Crippen LogP contribution in [0.3, 0.4) is 0 Å². The lowest BCUT2D eigenvalue weighted by Gasteiger charge is -2.05. The first kappa shape index (κ1) is 12.8. The molecular formula is C12H11F2N3S. The highest BCUT2D eigenvalue weighted by molar-refractivity contribution is 7.99. The van der Waals surface area contributed by atoms with Crippen LogP contribution >= 0.6 is 11.8 Å². The van der Waals surface area contributed by atoms with E-state index in [2.05, 4.69) is 15.3 Å². The molecule has 1 aromatic heterocycles. The molecule has 1 aromatic carbocycles. The molecule has 2 aromatic rings. The molecule has 18 heavy (non-hydrogen) atoms. The van der Waals surface area contributed by atoms with Crippen molar-refractivity contribution in [1.82, 2.24) is 9.97 Å². The van der Waals surface area contributed by atoms with E-state index in [1.807, 2.05) is 6.92 Å². The van der Waals surface area contributed by atoms with Gasteiger partial charge in [-0.05, 0) is 19.1 Å². The van der Waals surface area contributed by atoms with E-state index in [1.165, 1.54) is 18.3 Å². The summed E-state index contributed by atoms with van der Waals surface area (Å²) in [7, 11) is 0. The molecule has 1 N–H and O–H groups in total. The SMILES string of the molecule is CCNc1cncc(Sc2ccc(F)cc2F)n1. The van der Waals surface area contributed by atoms with Crippen molar-refractivity contribution in [1.29, 1.82) is 0 Å². The number of nitrogens with one attached hydrogen (secondary N) is 1. The van der Waals surface area contributed by atoms with Gasteiger partial charge in [0.2, 0.25) is 0 Å². The van der Waals surface area contributed by atoms with E-state index < -0.39 is 11.6 Å². The van der Waals surface area contributed by atoms with Crippen LogP contribution in [0.25, 0.3) is 0 Å². The third-order valence-corrected chi connectivity index (χ3v) is 3.04. The smallest absolute Gasteiger partial charge is 0.145 e. The molecule has 0 spiro atoms. The predicted molar refractivity (Wildman–Crippen MR) is 66.7 cm³/mol. The van der Waals surface area contributed by atoms with Crippen LogP contribution in [-0.4, -0.2) is 16.5 Å². The summed E-state index contributed by atoms with van der Waals surface area (Å²) < 4.78 is 26.2. The van der Waals surface area contributed by atoms with Gasteiger partial charge in [0.15, 0.2) is 0 Å². The van der Waals surface area contributed by atoms with Crippen LogP contribution in [0.2, 0.25) is 0 Å². The molecule has 2 rings (SSSR count). The van der Waals surface area contributed by atoms with Crippen LogP contribution in [0.4, 0.5) is 14.6 Å². The Hall–Kier alpha value is -1.69. The van der Waals surface area contributed by atoms with Gasteiger partial charge >= 0.3 is 0 Å². The molecular weight excluding hydrogens is 256 g/mol. The van der Waals surface area contributed by atoms with Gasteiger partial charge in [0.1, 0.15) is 22.5 Å². The Morgan fingerprint density at radius 2 is 2.11 bits per heavy atom. The van der Waals surface area contributed by atoms with Gasteiger partial charge in [-0.1, -0.05) is 11.8 Å². The summed E-state index contributed by atoms with van der Waals surface area (Å²) in [5, 5.41) is 3.57. The maximum Gasteiger partial charge on any atom is 0.145 e. The monoisotopic (exact) mass is 267 g/mol. The van der Waals surface area contributed by atoms with E-state index in [0.29, 0.717) is 15.7 Å². The Balaban J connectivity index is 2.20. The zero-order valence-corrected chi connectivity index (χ0v) is 10.5. The van der Waals surface area contributed by atoms with Gasteiger partial charge in [0.05, 0.1) is 12.4 Å². The second-order valence-corrected chi connectivity index (χ2v) is 4.51. The number of aromatic nitrogens is 2. The van der Waals surface area contributed by atoms with Gasteiger partial charge in [0.25, 0.3) is 0 Å². The fourth-order valence-electron chi connectivity index (χ4n) is 1.33. The second-order valence-electron chi connectivity index (χ2n) is 3.45. The van der Waals surface area contributed by atoms with Crippen molar-refractivity contribution in [2.75, 3.05) is 11.9 Å². The molecule has 0 aliphatic carbocycles. The maximum absolute atomic E-state index is 13.5. The summed E-state index contributed by atoms with van der Waals surface area (Å²) in [6.07, 6.45) is 3.13. The molecule has 1 heterocycles. The molecule has 0 amide bonds. The molecule has 0 saturated heterocycles. The highest BCUT2D eigenvalue weighted by atomic mass is 32.2. The molecule has 6 heteroatoms. The van der Waals surface area contributed by atoms with E-state index in [-0.39, 0.29) is 0 Å². The van der Waals surface area contributed by atoms with Crippen LogP contribution < -0.4 is 5.32 Å². The third kappa shape index (κ3) is 3.16. The van der Waals surface area contributed by atoms with Gasteiger partial charge < -0.3 is 5.32 Å². The quantitative estimate of drug-likeness (QED) is 0.922. The summed E-state index contributed by atoms with van der Waals surface area (Å²) in [5.41, 5.74) is 0. The summed E-state index contributed by atoms with van der Waals surface area (Å²) in [5.74, 6) is -0.565. The average molecular weight is 267 g/mol. The Kier molecular flexibility index (Phi) is 4.09. The van der Waals surface area contributed by atoms with Crippen LogP contribution in [0.1, 0.15) is 6.92 Å². The van der Waals surface area contributed by atoms with Crippen molar-refractivity contribution < 1.29 is 8.78 Å². The van der Waals surface area contributed by atoms with Crippen LogP contribution in [0, 0.1) is 11.6 Å². The van der Waals surface area contributed by atoms with Crippen LogP contribution in [0.5, 0.6) is 0 Å². The number of halogens is 2. The number of anilines is 1. The van der Waals surface area contributed by atoms with Gasteiger partial charge in [0, 0.05) is 17.5 Å². The van der Waals surface area contributed by atoms with E-state index in [1.54, 1.807) is 6.20 Å².